The lowest BCUT2D eigenvalue weighted by Gasteiger charge is -2.30. The van der Waals surface area contributed by atoms with Gasteiger partial charge in [-0.05, 0) is 73.6 Å². The Balaban J connectivity index is 1.38. The Morgan fingerprint density at radius 1 is 0.649 bits per heavy atom. The molecule has 3 aromatic carbocycles. The van der Waals surface area contributed by atoms with Gasteiger partial charge in [0.05, 0.1) is 6.61 Å². The van der Waals surface area contributed by atoms with Gasteiger partial charge in [0.2, 0.25) is 5.82 Å². The van der Waals surface area contributed by atoms with Crippen LogP contribution >= 0.6 is 0 Å². The van der Waals surface area contributed by atoms with Crippen molar-refractivity contribution in [2.45, 2.75) is 83.5 Å². The van der Waals surface area contributed by atoms with E-state index in [4.69, 9.17) is 4.74 Å². The number of aryl methyl sites for hydroxylation is 1. The van der Waals surface area contributed by atoms with Gasteiger partial charge in [0, 0.05) is 5.56 Å². The van der Waals surface area contributed by atoms with Crippen molar-refractivity contribution in [2.24, 2.45) is 0 Å². The summed E-state index contributed by atoms with van der Waals surface area (Å²) in [5, 5.41) is 0. The second kappa shape index (κ2) is 12.6. The molecule has 0 N–H and O–H groups in total. The van der Waals surface area contributed by atoms with Crippen molar-refractivity contribution in [1.29, 1.82) is 0 Å². The lowest BCUT2D eigenvalue weighted by Crippen LogP contribution is -2.15. The maximum Gasteiger partial charge on any atom is 0.200 e. The molecule has 1 aliphatic rings. The van der Waals surface area contributed by atoms with Gasteiger partial charge in [-0.15, -0.1) is 0 Å². The molecule has 0 bridgehead atoms. The predicted molar refractivity (Wildman–Crippen MR) is 141 cm³/mol. The molecular formula is C32H36F4O. The number of unbranched alkanes of at least 4 members (excludes halogenated alkanes) is 4. The lowest BCUT2D eigenvalue weighted by molar-refractivity contribution is 0.283. The summed E-state index contributed by atoms with van der Waals surface area (Å²) in [5.74, 6) is -3.79. The maximum atomic E-state index is 15.1. The average molecular weight is 513 g/mol. The molecule has 1 fully saturated rings. The van der Waals surface area contributed by atoms with Gasteiger partial charge in [-0.3, -0.25) is 0 Å². The fourth-order valence-corrected chi connectivity index (χ4v) is 5.41. The monoisotopic (exact) mass is 512 g/mol. The van der Waals surface area contributed by atoms with Gasteiger partial charge < -0.3 is 4.74 Å². The Morgan fingerprint density at radius 3 is 1.84 bits per heavy atom. The second-order valence-electron chi connectivity index (χ2n) is 10.3. The average Bonchev–Trinajstić information content (AvgIpc) is 2.91. The molecule has 0 atom stereocenters. The third-order valence-corrected chi connectivity index (χ3v) is 7.66. The van der Waals surface area contributed by atoms with E-state index in [1.807, 2.05) is 19.1 Å². The molecule has 5 heteroatoms. The van der Waals surface area contributed by atoms with Gasteiger partial charge in [-0.25, -0.2) is 13.2 Å². The predicted octanol–water partition coefficient (Wildman–Crippen LogP) is 10.0. The number of hydrogen-bond donors (Lipinski definition) is 0. The van der Waals surface area contributed by atoms with Crippen LogP contribution in [0.3, 0.4) is 0 Å². The van der Waals surface area contributed by atoms with Gasteiger partial charge >= 0.3 is 0 Å². The molecule has 0 saturated heterocycles. The molecule has 0 amide bonds. The summed E-state index contributed by atoms with van der Waals surface area (Å²) in [7, 11) is 0. The van der Waals surface area contributed by atoms with Crippen molar-refractivity contribution in [3.63, 3.8) is 0 Å². The van der Waals surface area contributed by atoms with Gasteiger partial charge in [0.15, 0.2) is 23.2 Å². The first-order valence-electron chi connectivity index (χ1n) is 13.6. The van der Waals surface area contributed by atoms with Crippen LogP contribution in [-0.4, -0.2) is 6.61 Å². The zero-order valence-electron chi connectivity index (χ0n) is 21.8. The number of ether oxygens (including phenoxy) is 1. The van der Waals surface area contributed by atoms with Crippen LogP contribution in [0.2, 0.25) is 0 Å². The molecule has 0 spiro atoms. The SMILES string of the molecule is CCCCCCCOc1ccc(C2CCC(c3ccc(-c4ccc(C)cc4)c(F)c3F)CC2)c(F)c1F. The first-order chi connectivity index (χ1) is 17.9. The molecule has 1 aliphatic carbocycles. The summed E-state index contributed by atoms with van der Waals surface area (Å²) < 4.78 is 65.2. The highest BCUT2D eigenvalue weighted by molar-refractivity contribution is 5.65. The van der Waals surface area contributed by atoms with Gasteiger partial charge in [0.25, 0.3) is 0 Å². The third kappa shape index (κ3) is 6.37. The topological polar surface area (TPSA) is 9.23 Å². The molecule has 0 aliphatic heterocycles. The van der Waals surface area contributed by atoms with Crippen molar-refractivity contribution >= 4 is 0 Å². The summed E-state index contributed by atoms with van der Waals surface area (Å²) in [6.45, 7) is 4.46. The van der Waals surface area contributed by atoms with Crippen molar-refractivity contribution in [1.82, 2.24) is 0 Å². The second-order valence-corrected chi connectivity index (χ2v) is 10.3. The largest absolute Gasteiger partial charge is 0.490 e. The van der Waals surface area contributed by atoms with Gasteiger partial charge in [-0.1, -0.05) is 80.6 Å². The lowest BCUT2D eigenvalue weighted by atomic mass is 9.75. The van der Waals surface area contributed by atoms with E-state index < -0.39 is 23.3 Å². The fraction of sp³-hybridized carbons (Fsp3) is 0.438. The molecular weight excluding hydrogens is 476 g/mol. The summed E-state index contributed by atoms with van der Waals surface area (Å²) in [5.41, 5.74) is 2.64. The molecule has 0 aromatic heterocycles. The Labute approximate surface area is 217 Å². The summed E-state index contributed by atoms with van der Waals surface area (Å²) >= 11 is 0. The minimum Gasteiger partial charge on any atom is -0.490 e. The van der Waals surface area contributed by atoms with Crippen LogP contribution in [0.5, 0.6) is 5.75 Å². The summed E-state index contributed by atoms with van der Waals surface area (Å²) in [6.07, 6.45) is 7.60. The fourth-order valence-electron chi connectivity index (χ4n) is 5.41. The highest BCUT2D eigenvalue weighted by Crippen LogP contribution is 2.43. The van der Waals surface area contributed by atoms with Crippen molar-refractivity contribution in [3.05, 3.63) is 88.5 Å². The molecule has 1 nitrogen and oxygen atoms in total. The minimum atomic E-state index is -0.937. The normalized spacial score (nSPS) is 17.7. The number of halogens is 4. The Kier molecular flexibility index (Phi) is 9.28. The van der Waals surface area contributed by atoms with E-state index in [1.165, 1.54) is 12.5 Å². The summed E-state index contributed by atoms with van der Waals surface area (Å²) in [6, 6.07) is 13.8. The summed E-state index contributed by atoms with van der Waals surface area (Å²) in [4.78, 5) is 0. The minimum absolute atomic E-state index is 0.0448. The molecule has 0 heterocycles. The molecule has 4 rings (SSSR count). The van der Waals surface area contributed by atoms with E-state index in [0.29, 0.717) is 49.0 Å². The first kappa shape index (κ1) is 27.2. The van der Waals surface area contributed by atoms with E-state index in [1.54, 1.807) is 30.3 Å². The molecule has 1 saturated carbocycles. The molecule has 3 aromatic rings. The zero-order chi connectivity index (χ0) is 26.4. The van der Waals surface area contributed by atoms with Crippen LogP contribution in [0.15, 0.2) is 48.5 Å². The third-order valence-electron chi connectivity index (χ3n) is 7.66. The molecule has 198 valence electrons. The zero-order valence-corrected chi connectivity index (χ0v) is 21.8. The number of hydrogen-bond acceptors (Lipinski definition) is 1. The van der Waals surface area contributed by atoms with Crippen molar-refractivity contribution < 1.29 is 22.3 Å². The Morgan fingerprint density at radius 2 is 1.22 bits per heavy atom. The van der Waals surface area contributed by atoms with E-state index in [2.05, 4.69) is 6.92 Å². The highest BCUT2D eigenvalue weighted by Gasteiger charge is 2.29. The van der Waals surface area contributed by atoms with E-state index in [0.717, 1.165) is 31.2 Å². The number of benzene rings is 3. The van der Waals surface area contributed by atoms with Gasteiger partial charge in [0.1, 0.15) is 0 Å². The van der Waals surface area contributed by atoms with E-state index >= 15 is 4.39 Å². The van der Waals surface area contributed by atoms with Crippen LogP contribution in [0.1, 0.15) is 93.2 Å². The van der Waals surface area contributed by atoms with Crippen molar-refractivity contribution in [2.75, 3.05) is 6.61 Å². The van der Waals surface area contributed by atoms with Crippen LogP contribution < -0.4 is 4.74 Å². The van der Waals surface area contributed by atoms with E-state index in [-0.39, 0.29) is 23.1 Å². The first-order valence-corrected chi connectivity index (χ1v) is 13.6. The van der Waals surface area contributed by atoms with Crippen LogP contribution in [0.4, 0.5) is 17.6 Å². The van der Waals surface area contributed by atoms with Crippen LogP contribution in [-0.2, 0) is 0 Å². The van der Waals surface area contributed by atoms with Crippen molar-refractivity contribution in [3.8, 4) is 16.9 Å². The highest BCUT2D eigenvalue weighted by atomic mass is 19.2. The molecule has 37 heavy (non-hydrogen) atoms. The number of rotatable bonds is 10. The molecule has 0 radical (unpaired) electrons. The van der Waals surface area contributed by atoms with E-state index in [9.17, 15) is 13.2 Å². The smallest absolute Gasteiger partial charge is 0.200 e. The quantitative estimate of drug-likeness (QED) is 0.194. The Hall–Kier alpha value is -2.82. The van der Waals surface area contributed by atoms with Gasteiger partial charge in [-0.2, -0.15) is 4.39 Å². The maximum absolute atomic E-state index is 15.1. The molecule has 0 unspecified atom stereocenters. The standard InChI is InChI=1S/C32H36F4O/c1-3-4-5-6-7-20-37-28-19-18-27(31(35)32(28)36)24-14-12-23(13-15-24)26-17-16-25(29(33)30(26)34)22-10-8-21(2)9-11-22/h8-11,16-19,23-24H,3-7,12-15,20H2,1-2H3. The van der Waals surface area contributed by atoms with Crippen LogP contribution in [0, 0.1) is 30.2 Å². The Bertz CT molecular complexity index is 1180. The van der Waals surface area contributed by atoms with Crippen LogP contribution in [0.25, 0.3) is 11.1 Å².